The highest BCUT2D eigenvalue weighted by Gasteiger charge is 2.47. The van der Waals surface area contributed by atoms with Gasteiger partial charge in [0, 0.05) is 18.4 Å². The van der Waals surface area contributed by atoms with Crippen LogP contribution in [0.25, 0.3) is 0 Å². The van der Waals surface area contributed by atoms with Gasteiger partial charge in [-0.25, -0.2) is 0 Å². The monoisotopic (exact) mass is 297 g/mol. The molecule has 0 amide bonds. The van der Waals surface area contributed by atoms with E-state index in [1.807, 2.05) is 0 Å². The molecular weight excluding hydrogens is 278 g/mol. The lowest BCUT2D eigenvalue weighted by atomic mass is 9.69. The normalized spacial score (nSPS) is 15.5. The molecule has 23 heavy (non-hydrogen) atoms. The van der Waals surface area contributed by atoms with Crippen molar-refractivity contribution in [1.29, 1.82) is 0 Å². The van der Waals surface area contributed by atoms with Crippen LogP contribution in [0.15, 0.2) is 97.2 Å². The topological polar surface area (TPSA) is 3.24 Å². The Kier molecular flexibility index (Phi) is 3.09. The number of para-hydroxylation sites is 1. The third-order valence-corrected chi connectivity index (χ3v) is 4.92. The first kappa shape index (κ1) is 13.8. The van der Waals surface area contributed by atoms with Crippen LogP contribution in [-0.2, 0) is 5.41 Å². The lowest BCUT2D eigenvalue weighted by Crippen LogP contribution is -2.31. The van der Waals surface area contributed by atoms with E-state index >= 15 is 0 Å². The summed E-state index contributed by atoms with van der Waals surface area (Å²) in [6.07, 6.45) is 0. The minimum absolute atomic E-state index is 0.326. The zero-order valence-corrected chi connectivity index (χ0v) is 13.2. The van der Waals surface area contributed by atoms with Crippen molar-refractivity contribution in [3.05, 3.63) is 114 Å². The molecule has 1 aliphatic rings. The van der Waals surface area contributed by atoms with Gasteiger partial charge >= 0.3 is 0 Å². The number of likely N-dealkylation sites (N-methyl/N-ethyl adjacent to an activating group) is 1. The van der Waals surface area contributed by atoms with Crippen molar-refractivity contribution in [2.45, 2.75) is 5.41 Å². The van der Waals surface area contributed by atoms with Crippen LogP contribution in [0.4, 0.5) is 5.69 Å². The van der Waals surface area contributed by atoms with Crippen LogP contribution in [0.1, 0.15) is 16.7 Å². The van der Waals surface area contributed by atoms with Gasteiger partial charge in [-0.1, -0.05) is 85.4 Å². The van der Waals surface area contributed by atoms with Crippen molar-refractivity contribution >= 4 is 5.69 Å². The fourth-order valence-corrected chi connectivity index (χ4v) is 3.82. The number of fused-ring (bicyclic) bond motifs is 1. The Hall–Kier alpha value is -2.80. The van der Waals surface area contributed by atoms with E-state index in [-0.39, 0.29) is 5.41 Å². The van der Waals surface area contributed by atoms with Gasteiger partial charge < -0.3 is 4.90 Å². The second-order valence-corrected chi connectivity index (χ2v) is 6.00. The van der Waals surface area contributed by atoms with E-state index in [4.69, 9.17) is 0 Å². The zero-order valence-electron chi connectivity index (χ0n) is 13.2. The molecule has 0 fully saturated rings. The molecule has 1 heteroatoms. The van der Waals surface area contributed by atoms with Crippen molar-refractivity contribution in [2.75, 3.05) is 11.9 Å². The van der Waals surface area contributed by atoms with E-state index in [0.717, 1.165) is 5.70 Å². The summed E-state index contributed by atoms with van der Waals surface area (Å²) in [5, 5.41) is 0. The number of nitrogens with zero attached hydrogens (tertiary/aromatic N) is 1. The SMILES string of the molecule is C=C1N(C)c2ccccc2C1(c1ccccc1)c1ccccc1. The van der Waals surface area contributed by atoms with Crippen molar-refractivity contribution in [3.63, 3.8) is 0 Å². The average molecular weight is 297 g/mol. The molecule has 0 spiro atoms. The minimum atomic E-state index is -0.326. The molecule has 0 atom stereocenters. The molecular formula is C22H19N. The number of hydrogen-bond acceptors (Lipinski definition) is 1. The van der Waals surface area contributed by atoms with Crippen molar-refractivity contribution < 1.29 is 0 Å². The van der Waals surface area contributed by atoms with Gasteiger partial charge in [0.1, 0.15) is 0 Å². The number of allylic oxidation sites excluding steroid dienone is 1. The third kappa shape index (κ3) is 1.80. The molecule has 1 heterocycles. The Bertz CT molecular complexity index is 810. The molecule has 0 N–H and O–H groups in total. The van der Waals surface area contributed by atoms with E-state index in [9.17, 15) is 0 Å². The molecule has 3 aromatic carbocycles. The Morgan fingerprint density at radius 1 is 0.696 bits per heavy atom. The van der Waals surface area contributed by atoms with Gasteiger partial charge in [-0.05, 0) is 22.8 Å². The summed E-state index contributed by atoms with van der Waals surface area (Å²) in [5.74, 6) is 0. The largest absolute Gasteiger partial charge is 0.347 e. The number of benzene rings is 3. The maximum atomic E-state index is 4.48. The smallest absolute Gasteiger partial charge is 0.0867 e. The van der Waals surface area contributed by atoms with Gasteiger partial charge in [-0.15, -0.1) is 0 Å². The Labute approximate surface area is 137 Å². The van der Waals surface area contributed by atoms with Crippen LogP contribution in [0.2, 0.25) is 0 Å². The Morgan fingerprint density at radius 3 is 1.74 bits per heavy atom. The summed E-state index contributed by atoms with van der Waals surface area (Å²) in [4.78, 5) is 2.22. The molecule has 0 saturated heterocycles. The van der Waals surface area contributed by atoms with Crippen LogP contribution in [-0.4, -0.2) is 7.05 Å². The average Bonchev–Trinajstić information content (AvgIpc) is 2.86. The highest BCUT2D eigenvalue weighted by Crippen LogP contribution is 2.54. The van der Waals surface area contributed by atoms with Crippen LogP contribution in [0, 0.1) is 0 Å². The van der Waals surface area contributed by atoms with Crippen molar-refractivity contribution in [1.82, 2.24) is 0 Å². The van der Waals surface area contributed by atoms with Crippen LogP contribution in [0.3, 0.4) is 0 Å². The fourth-order valence-electron chi connectivity index (χ4n) is 3.82. The minimum Gasteiger partial charge on any atom is -0.347 e. The second-order valence-electron chi connectivity index (χ2n) is 6.00. The van der Waals surface area contributed by atoms with E-state index in [1.165, 1.54) is 22.4 Å². The quantitative estimate of drug-likeness (QED) is 0.644. The molecule has 0 radical (unpaired) electrons. The highest BCUT2D eigenvalue weighted by molar-refractivity contribution is 5.77. The summed E-state index contributed by atoms with van der Waals surface area (Å²) in [7, 11) is 2.11. The first-order valence-corrected chi connectivity index (χ1v) is 7.90. The maximum absolute atomic E-state index is 4.48. The standard InChI is InChI=1S/C22H19N/c1-17-22(18-11-5-3-6-12-18,19-13-7-4-8-14-19)20-15-9-10-16-21(20)23(17)2/h3-16H,1H2,2H3. The molecule has 1 aliphatic heterocycles. The van der Waals surface area contributed by atoms with Crippen molar-refractivity contribution in [3.8, 4) is 0 Å². The summed E-state index contributed by atoms with van der Waals surface area (Å²) in [6, 6.07) is 30.0. The van der Waals surface area contributed by atoms with Gasteiger partial charge in [0.05, 0.1) is 5.41 Å². The maximum Gasteiger partial charge on any atom is 0.0867 e. The lowest BCUT2D eigenvalue weighted by Gasteiger charge is -2.33. The molecule has 0 bridgehead atoms. The predicted octanol–water partition coefficient (Wildman–Crippen LogP) is 4.98. The van der Waals surface area contributed by atoms with E-state index < -0.39 is 0 Å². The van der Waals surface area contributed by atoms with Crippen LogP contribution < -0.4 is 4.90 Å². The predicted molar refractivity (Wildman–Crippen MR) is 96.8 cm³/mol. The van der Waals surface area contributed by atoms with Gasteiger partial charge in [-0.2, -0.15) is 0 Å². The van der Waals surface area contributed by atoms with Gasteiger partial charge in [0.2, 0.25) is 0 Å². The summed E-state index contributed by atoms with van der Waals surface area (Å²) in [6.45, 7) is 4.48. The number of anilines is 1. The van der Waals surface area contributed by atoms with Crippen molar-refractivity contribution in [2.24, 2.45) is 0 Å². The zero-order chi connectivity index (χ0) is 15.9. The summed E-state index contributed by atoms with van der Waals surface area (Å²) in [5.41, 5.74) is 5.81. The second kappa shape index (κ2) is 5.13. The first-order chi connectivity index (χ1) is 11.3. The summed E-state index contributed by atoms with van der Waals surface area (Å²) < 4.78 is 0. The van der Waals surface area contributed by atoms with Gasteiger partial charge in [0.15, 0.2) is 0 Å². The van der Waals surface area contributed by atoms with Crippen LogP contribution >= 0.6 is 0 Å². The lowest BCUT2D eigenvalue weighted by molar-refractivity contribution is 0.745. The fraction of sp³-hybridized carbons (Fsp3) is 0.0909. The molecule has 0 aliphatic carbocycles. The summed E-state index contributed by atoms with van der Waals surface area (Å²) >= 11 is 0. The van der Waals surface area contributed by atoms with Gasteiger partial charge in [0.25, 0.3) is 0 Å². The Morgan fingerprint density at radius 2 is 1.17 bits per heavy atom. The molecule has 112 valence electrons. The van der Waals surface area contributed by atoms with E-state index in [2.05, 4.69) is 103 Å². The van der Waals surface area contributed by atoms with E-state index in [0.29, 0.717) is 0 Å². The molecule has 3 aromatic rings. The molecule has 1 nitrogen and oxygen atoms in total. The number of hydrogen-bond donors (Lipinski definition) is 0. The van der Waals surface area contributed by atoms with Gasteiger partial charge in [-0.3, -0.25) is 0 Å². The molecule has 0 saturated carbocycles. The first-order valence-electron chi connectivity index (χ1n) is 7.90. The molecule has 4 rings (SSSR count). The van der Waals surface area contributed by atoms with Crippen LogP contribution in [0.5, 0.6) is 0 Å². The molecule has 0 unspecified atom stereocenters. The third-order valence-electron chi connectivity index (χ3n) is 4.92. The Balaban J connectivity index is 2.12. The number of rotatable bonds is 2. The van der Waals surface area contributed by atoms with E-state index in [1.54, 1.807) is 0 Å². The molecule has 0 aromatic heterocycles. The highest BCUT2D eigenvalue weighted by atomic mass is 15.2.